The molecule has 120 valence electrons. The highest BCUT2D eigenvalue weighted by molar-refractivity contribution is 7.98. The molecule has 1 rings (SSSR count). The van der Waals surface area contributed by atoms with Crippen LogP contribution in [-0.2, 0) is 5.75 Å². The van der Waals surface area contributed by atoms with Crippen LogP contribution in [0.3, 0.4) is 0 Å². The summed E-state index contributed by atoms with van der Waals surface area (Å²) in [7, 11) is 0. The Bertz CT molecular complexity index is 340. The zero-order valence-corrected chi connectivity index (χ0v) is 14.8. The molecule has 1 aromatic rings. The molecule has 0 heterocycles. The fourth-order valence-electron chi connectivity index (χ4n) is 2.38. The number of rotatable bonds is 12. The number of nitrogens with zero attached hydrogens (tertiary/aromatic N) is 1. The molecule has 0 aliphatic carbocycles. The summed E-state index contributed by atoms with van der Waals surface area (Å²) in [6, 6.07) is 11.4. The van der Waals surface area contributed by atoms with E-state index in [1.165, 1.54) is 30.7 Å². The van der Waals surface area contributed by atoms with E-state index < -0.39 is 0 Å². The van der Waals surface area contributed by atoms with Crippen molar-refractivity contribution in [3.8, 4) is 0 Å². The fraction of sp³-hybridized carbons (Fsp3) is 0.667. The maximum absolute atomic E-state index is 3.56. The van der Waals surface area contributed by atoms with Crippen LogP contribution in [0, 0.1) is 0 Å². The molecule has 0 aliphatic heterocycles. The molecule has 0 amide bonds. The first kappa shape index (κ1) is 18.5. The van der Waals surface area contributed by atoms with Crippen LogP contribution < -0.4 is 5.32 Å². The van der Waals surface area contributed by atoms with Crippen molar-refractivity contribution in [1.29, 1.82) is 0 Å². The normalized spacial score (nSPS) is 11.5. The minimum Gasteiger partial charge on any atom is -0.317 e. The zero-order valence-electron chi connectivity index (χ0n) is 14.0. The maximum Gasteiger partial charge on any atom is 0.0184 e. The first-order valence-corrected chi connectivity index (χ1v) is 9.46. The summed E-state index contributed by atoms with van der Waals surface area (Å²) >= 11 is 2.03. The third-order valence-corrected chi connectivity index (χ3v) is 4.80. The molecule has 2 nitrogen and oxygen atoms in total. The minimum absolute atomic E-state index is 0.671. The number of hydrogen-bond donors (Lipinski definition) is 1. The first-order valence-electron chi connectivity index (χ1n) is 8.30. The predicted molar refractivity (Wildman–Crippen MR) is 97.1 cm³/mol. The van der Waals surface area contributed by atoms with Crippen molar-refractivity contribution >= 4 is 11.8 Å². The third kappa shape index (κ3) is 9.18. The minimum atomic E-state index is 0.671. The van der Waals surface area contributed by atoms with Gasteiger partial charge in [-0.1, -0.05) is 37.3 Å². The Kier molecular flexibility index (Phi) is 10.7. The molecule has 3 heteroatoms. The summed E-state index contributed by atoms with van der Waals surface area (Å²) < 4.78 is 0. The molecule has 0 fully saturated rings. The van der Waals surface area contributed by atoms with E-state index in [2.05, 4.69) is 61.3 Å². The van der Waals surface area contributed by atoms with Gasteiger partial charge in [0.05, 0.1) is 0 Å². The molecule has 0 saturated carbocycles. The van der Waals surface area contributed by atoms with Crippen molar-refractivity contribution in [3.05, 3.63) is 35.9 Å². The summed E-state index contributed by atoms with van der Waals surface area (Å²) in [6.45, 7) is 11.5. The Morgan fingerprint density at radius 3 is 2.48 bits per heavy atom. The Labute approximate surface area is 135 Å². The van der Waals surface area contributed by atoms with E-state index in [4.69, 9.17) is 0 Å². The van der Waals surface area contributed by atoms with Gasteiger partial charge < -0.3 is 10.2 Å². The lowest BCUT2D eigenvalue weighted by molar-refractivity contribution is 0.230. The van der Waals surface area contributed by atoms with Crippen LogP contribution in [-0.4, -0.2) is 42.9 Å². The molecule has 0 saturated heterocycles. The SMILES string of the molecule is CCN(CCCNCCCSCc1ccccc1)C(C)C. The van der Waals surface area contributed by atoms with Gasteiger partial charge in [0.25, 0.3) is 0 Å². The summed E-state index contributed by atoms with van der Waals surface area (Å²) in [6.07, 6.45) is 2.52. The van der Waals surface area contributed by atoms with E-state index in [1.54, 1.807) is 0 Å². The van der Waals surface area contributed by atoms with E-state index >= 15 is 0 Å². The Morgan fingerprint density at radius 1 is 1.10 bits per heavy atom. The van der Waals surface area contributed by atoms with Crippen LogP contribution in [0.1, 0.15) is 39.2 Å². The van der Waals surface area contributed by atoms with Gasteiger partial charge in [-0.15, -0.1) is 0 Å². The third-order valence-electron chi connectivity index (χ3n) is 3.69. The lowest BCUT2D eigenvalue weighted by atomic mass is 10.2. The van der Waals surface area contributed by atoms with Crippen LogP contribution >= 0.6 is 11.8 Å². The molecule has 0 spiro atoms. The van der Waals surface area contributed by atoms with Gasteiger partial charge in [0.1, 0.15) is 0 Å². The summed E-state index contributed by atoms with van der Waals surface area (Å²) in [5.41, 5.74) is 1.43. The zero-order chi connectivity index (χ0) is 15.3. The molecule has 1 N–H and O–H groups in total. The van der Waals surface area contributed by atoms with Gasteiger partial charge >= 0.3 is 0 Å². The van der Waals surface area contributed by atoms with Crippen LogP contribution in [0.5, 0.6) is 0 Å². The molecule has 0 atom stereocenters. The van der Waals surface area contributed by atoms with E-state index in [1.807, 2.05) is 11.8 Å². The molecule has 21 heavy (non-hydrogen) atoms. The second-order valence-corrected chi connectivity index (χ2v) is 6.82. The highest BCUT2D eigenvalue weighted by Gasteiger charge is 2.05. The van der Waals surface area contributed by atoms with E-state index in [-0.39, 0.29) is 0 Å². The molecule has 0 aromatic heterocycles. The van der Waals surface area contributed by atoms with E-state index in [0.717, 1.165) is 25.4 Å². The van der Waals surface area contributed by atoms with Gasteiger partial charge in [-0.05, 0) is 64.2 Å². The highest BCUT2D eigenvalue weighted by atomic mass is 32.2. The van der Waals surface area contributed by atoms with Gasteiger partial charge in [0.15, 0.2) is 0 Å². The molecule has 0 aliphatic rings. The van der Waals surface area contributed by atoms with Gasteiger partial charge in [0, 0.05) is 11.8 Å². The van der Waals surface area contributed by atoms with Crippen LogP contribution in [0.2, 0.25) is 0 Å². The molecule has 0 bridgehead atoms. The number of thioether (sulfide) groups is 1. The molecule has 0 radical (unpaired) electrons. The average Bonchev–Trinajstić information content (AvgIpc) is 2.50. The van der Waals surface area contributed by atoms with Gasteiger partial charge in [0.2, 0.25) is 0 Å². The van der Waals surface area contributed by atoms with Crippen molar-refractivity contribution < 1.29 is 0 Å². The molecular weight excluding hydrogens is 276 g/mol. The molecule has 1 aromatic carbocycles. The Hall–Kier alpha value is -0.510. The highest BCUT2D eigenvalue weighted by Crippen LogP contribution is 2.12. The second kappa shape index (κ2) is 12.1. The van der Waals surface area contributed by atoms with Gasteiger partial charge in [-0.3, -0.25) is 0 Å². The predicted octanol–water partition coefficient (Wildman–Crippen LogP) is 4.02. The van der Waals surface area contributed by atoms with Crippen molar-refractivity contribution in [2.75, 3.05) is 31.9 Å². The van der Waals surface area contributed by atoms with Gasteiger partial charge in [-0.25, -0.2) is 0 Å². The van der Waals surface area contributed by atoms with Crippen LogP contribution in [0.25, 0.3) is 0 Å². The number of hydrogen-bond acceptors (Lipinski definition) is 3. The summed E-state index contributed by atoms with van der Waals surface area (Å²) in [4.78, 5) is 2.53. The average molecular weight is 309 g/mol. The van der Waals surface area contributed by atoms with E-state index in [9.17, 15) is 0 Å². The van der Waals surface area contributed by atoms with Gasteiger partial charge in [-0.2, -0.15) is 11.8 Å². The van der Waals surface area contributed by atoms with Crippen LogP contribution in [0.15, 0.2) is 30.3 Å². The quantitative estimate of drug-likeness (QED) is 0.587. The summed E-state index contributed by atoms with van der Waals surface area (Å²) in [5, 5.41) is 3.56. The fourth-order valence-corrected chi connectivity index (χ4v) is 3.30. The number of nitrogens with one attached hydrogen (secondary N) is 1. The summed E-state index contributed by atoms with van der Waals surface area (Å²) in [5.74, 6) is 2.38. The largest absolute Gasteiger partial charge is 0.317 e. The molecule has 0 unspecified atom stereocenters. The van der Waals surface area contributed by atoms with Crippen molar-refractivity contribution in [2.24, 2.45) is 0 Å². The second-order valence-electron chi connectivity index (χ2n) is 5.72. The number of benzene rings is 1. The van der Waals surface area contributed by atoms with Crippen molar-refractivity contribution in [2.45, 2.75) is 45.4 Å². The van der Waals surface area contributed by atoms with Crippen molar-refractivity contribution in [1.82, 2.24) is 10.2 Å². The first-order chi connectivity index (χ1) is 10.2. The standard InChI is InChI=1S/C18H32N2S/c1-4-20(17(2)3)14-8-12-19-13-9-15-21-16-18-10-6-5-7-11-18/h5-7,10-11,17,19H,4,8-9,12-16H2,1-3H3. The smallest absolute Gasteiger partial charge is 0.0184 e. The van der Waals surface area contributed by atoms with E-state index in [0.29, 0.717) is 6.04 Å². The lowest BCUT2D eigenvalue weighted by Gasteiger charge is -2.24. The Morgan fingerprint density at radius 2 is 1.81 bits per heavy atom. The Balaban J connectivity index is 1.89. The lowest BCUT2D eigenvalue weighted by Crippen LogP contribution is -2.33. The van der Waals surface area contributed by atoms with Crippen molar-refractivity contribution in [3.63, 3.8) is 0 Å². The van der Waals surface area contributed by atoms with Crippen LogP contribution in [0.4, 0.5) is 0 Å². The molecular formula is C18H32N2S. The maximum atomic E-state index is 3.56. The topological polar surface area (TPSA) is 15.3 Å². The monoisotopic (exact) mass is 308 g/mol.